The topological polar surface area (TPSA) is 32.8 Å². The second-order valence-electron chi connectivity index (χ2n) is 11.3. The number of ether oxygens (including phenoxy) is 1. The van der Waals surface area contributed by atoms with Gasteiger partial charge in [0.05, 0.1) is 6.61 Å². The van der Waals surface area contributed by atoms with Gasteiger partial charge >= 0.3 is 0 Å². The third kappa shape index (κ3) is 12.9. The van der Waals surface area contributed by atoms with Crippen LogP contribution in [0.4, 0.5) is 0 Å². The van der Waals surface area contributed by atoms with Gasteiger partial charge in [0, 0.05) is 38.8 Å². The molecular formula is C36H56N2O2. The molecule has 0 aliphatic heterocycles. The van der Waals surface area contributed by atoms with Crippen molar-refractivity contribution in [2.45, 2.75) is 80.6 Å². The molecule has 0 aromatic carbocycles. The number of amides is 1. The maximum Gasteiger partial charge on any atom is 0.225 e. The molecule has 0 spiro atoms. The van der Waals surface area contributed by atoms with Crippen molar-refractivity contribution in [2.75, 3.05) is 33.8 Å². The van der Waals surface area contributed by atoms with Crippen molar-refractivity contribution in [2.24, 2.45) is 11.8 Å². The van der Waals surface area contributed by atoms with Gasteiger partial charge in [-0.25, -0.2) is 0 Å². The zero-order valence-electron chi connectivity index (χ0n) is 26.9. The Kier molecular flexibility index (Phi) is 16.7. The standard InChI is InChI=1S/C36H56N2O2/c1-11-17-32(28(4)5)21-16-25-38(27-29(6)23-24-34(12-2)37(9)10)36(39)31(8)19-14-20-33-26-35(40-13-3)22-15-18-30(33)7/h11,15-17,21-24,26,28,31H,1,12-14,18-20,25,27H2,2-10H3/b21-16-,29-23+,32-17+,34-24+. The molecule has 4 heteroatoms. The Labute approximate surface area is 246 Å². The summed E-state index contributed by atoms with van der Waals surface area (Å²) in [5.74, 6) is 1.50. The predicted molar refractivity (Wildman–Crippen MR) is 174 cm³/mol. The van der Waals surface area contributed by atoms with Gasteiger partial charge in [0.15, 0.2) is 0 Å². The van der Waals surface area contributed by atoms with Gasteiger partial charge in [0.2, 0.25) is 5.91 Å². The van der Waals surface area contributed by atoms with Crippen LogP contribution in [0, 0.1) is 11.8 Å². The highest BCUT2D eigenvalue weighted by Gasteiger charge is 2.20. The van der Waals surface area contributed by atoms with Gasteiger partial charge in [0.1, 0.15) is 5.76 Å². The maximum atomic E-state index is 13.7. The molecule has 0 aromatic heterocycles. The van der Waals surface area contributed by atoms with E-state index in [4.69, 9.17) is 4.74 Å². The third-order valence-electron chi connectivity index (χ3n) is 7.25. The summed E-state index contributed by atoms with van der Waals surface area (Å²) in [6.45, 7) is 20.6. The van der Waals surface area contributed by atoms with Gasteiger partial charge in [-0.15, -0.1) is 0 Å². The van der Waals surface area contributed by atoms with E-state index in [0.29, 0.717) is 25.6 Å². The van der Waals surface area contributed by atoms with E-state index in [1.54, 1.807) is 0 Å². The van der Waals surface area contributed by atoms with Crippen LogP contribution in [0.5, 0.6) is 0 Å². The first kappa shape index (κ1) is 35.0. The molecule has 1 aliphatic carbocycles. The second-order valence-corrected chi connectivity index (χ2v) is 11.3. The van der Waals surface area contributed by atoms with Crippen molar-refractivity contribution in [3.8, 4) is 0 Å². The zero-order chi connectivity index (χ0) is 30.1. The molecule has 1 atom stereocenters. The number of carbonyl (C=O) groups is 1. The van der Waals surface area contributed by atoms with Crippen molar-refractivity contribution in [3.63, 3.8) is 0 Å². The Morgan fingerprint density at radius 3 is 2.48 bits per heavy atom. The molecule has 0 heterocycles. The van der Waals surface area contributed by atoms with Crippen LogP contribution in [0.3, 0.4) is 0 Å². The number of allylic oxidation sites excluding steroid dienone is 12. The monoisotopic (exact) mass is 548 g/mol. The van der Waals surface area contributed by atoms with Crippen LogP contribution < -0.4 is 0 Å². The number of nitrogens with zero attached hydrogens (tertiary/aromatic N) is 2. The van der Waals surface area contributed by atoms with Crippen molar-refractivity contribution < 1.29 is 9.53 Å². The predicted octanol–water partition coefficient (Wildman–Crippen LogP) is 8.94. The van der Waals surface area contributed by atoms with Crippen LogP contribution in [-0.4, -0.2) is 49.5 Å². The summed E-state index contributed by atoms with van der Waals surface area (Å²) in [6.07, 6.45) is 23.6. The molecule has 1 aliphatic rings. The minimum atomic E-state index is -0.0434. The van der Waals surface area contributed by atoms with Crippen LogP contribution >= 0.6 is 0 Å². The molecular weight excluding hydrogens is 492 g/mol. The van der Waals surface area contributed by atoms with Crippen molar-refractivity contribution in [3.05, 3.63) is 95.0 Å². The average Bonchev–Trinajstić information content (AvgIpc) is 3.07. The lowest BCUT2D eigenvalue weighted by molar-refractivity contribution is -0.134. The Bertz CT molecular complexity index is 1030. The number of hydrogen-bond donors (Lipinski definition) is 0. The van der Waals surface area contributed by atoms with Gasteiger partial charge < -0.3 is 14.5 Å². The third-order valence-corrected chi connectivity index (χ3v) is 7.25. The summed E-state index contributed by atoms with van der Waals surface area (Å²) < 4.78 is 5.77. The maximum absolute atomic E-state index is 13.7. The van der Waals surface area contributed by atoms with Gasteiger partial charge in [-0.05, 0) is 88.2 Å². The number of rotatable bonds is 17. The largest absolute Gasteiger partial charge is 0.494 e. The number of hydrogen-bond acceptors (Lipinski definition) is 3. The first-order valence-electron chi connectivity index (χ1n) is 15.0. The fourth-order valence-corrected chi connectivity index (χ4v) is 4.70. The van der Waals surface area contributed by atoms with E-state index in [-0.39, 0.29) is 11.8 Å². The molecule has 0 radical (unpaired) electrons. The summed E-state index contributed by atoms with van der Waals surface area (Å²) in [7, 11) is 4.14. The normalized spacial score (nSPS) is 15.8. The first-order valence-corrected chi connectivity index (χ1v) is 15.0. The Morgan fingerprint density at radius 1 is 1.15 bits per heavy atom. The van der Waals surface area contributed by atoms with E-state index in [1.807, 2.05) is 24.0 Å². The van der Waals surface area contributed by atoms with Crippen molar-refractivity contribution in [1.29, 1.82) is 0 Å². The van der Waals surface area contributed by atoms with E-state index >= 15 is 0 Å². The van der Waals surface area contributed by atoms with Crippen LogP contribution in [0.1, 0.15) is 80.6 Å². The molecule has 1 amide bonds. The van der Waals surface area contributed by atoms with Crippen LogP contribution in [0.2, 0.25) is 0 Å². The summed E-state index contributed by atoms with van der Waals surface area (Å²) in [5, 5.41) is 0. The molecule has 0 saturated heterocycles. The molecule has 0 bridgehead atoms. The SMILES string of the molecule is C=C/C=C(\C=C/CN(C/C(C)=C/C=C(\CC)N(C)C)C(=O)C(C)CCCC1=C(C)CC=CC(OCC)=C1)C(C)C. The van der Waals surface area contributed by atoms with Crippen LogP contribution in [0.15, 0.2) is 95.0 Å². The molecule has 4 nitrogen and oxygen atoms in total. The lowest BCUT2D eigenvalue weighted by Gasteiger charge is -2.25. The fourth-order valence-electron chi connectivity index (χ4n) is 4.70. The first-order chi connectivity index (χ1) is 19.0. The second kappa shape index (κ2) is 19.1. The van der Waals surface area contributed by atoms with Crippen molar-refractivity contribution in [1.82, 2.24) is 9.80 Å². The molecule has 0 aromatic rings. The lowest BCUT2D eigenvalue weighted by atomic mass is 9.96. The highest BCUT2D eigenvalue weighted by molar-refractivity contribution is 5.79. The molecule has 222 valence electrons. The molecule has 40 heavy (non-hydrogen) atoms. The molecule has 1 rings (SSSR count). The minimum absolute atomic E-state index is 0.0434. The van der Waals surface area contributed by atoms with Gasteiger partial charge in [-0.1, -0.05) is 81.9 Å². The fraction of sp³-hybridized carbons (Fsp3) is 0.528. The Morgan fingerprint density at radius 2 is 1.88 bits per heavy atom. The zero-order valence-corrected chi connectivity index (χ0v) is 26.9. The summed E-state index contributed by atoms with van der Waals surface area (Å²) in [6, 6.07) is 0. The number of carbonyl (C=O) groups excluding carboxylic acids is 1. The molecule has 0 N–H and O–H groups in total. The van der Waals surface area contributed by atoms with Gasteiger partial charge in [-0.2, -0.15) is 0 Å². The van der Waals surface area contributed by atoms with Crippen LogP contribution in [0.25, 0.3) is 0 Å². The molecule has 0 fully saturated rings. The van der Waals surface area contributed by atoms with Crippen molar-refractivity contribution >= 4 is 5.91 Å². The highest BCUT2D eigenvalue weighted by atomic mass is 16.5. The smallest absolute Gasteiger partial charge is 0.225 e. The Balaban J connectivity index is 3.02. The van der Waals surface area contributed by atoms with E-state index in [0.717, 1.165) is 37.9 Å². The lowest BCUT2D eigenvalue weighted by Crippen LogP contribution is -2.36. The summed E-state index contributed by atoms with van der Waals surface area (Å²) >= 11 is 0. The minimum Gasteiger partial charge on any atom is -0.494 e. The van der Waals surface area contributed by atoms with E-state index in [2.05, 4.69) is 110 Å². The molecule has 0 saturated carbocycles. The van der Waals surface area contributed by atoms with Gasteiger partial charge in [-0.3, -0.25) is 4.79 Å². The van der Waals surface area contributed by atoms with E-state index in [9.17, 15) is 4.79 Å². The van der Waals surface area contributed by atoms with Gasteiger partial charge in [0.25, 0.3) is 0 Å². The highest BCUT2D eigenvalue weighted by Crippen LogP contribution is 2.24. The summed E-state index contributed by atoms with van der Waals surface area (Å²) in [4.78, 5) is 17.9. The Hall–Kier alpha value is -3.01. The van der Waals surface area contributed by atoms with Crippen LogP contribution in [-0.2, 0) is 9.53 Å². The summed E-state index contributed by atoms with van der Waals surface area (Å²) in [5.41, 5.74) is 6.36. The quantitative estimate of drug-likeness (QED) is 0.170. The molecule has 1 unspecified atom stereocenters. The average molecular weight is 549 g/mol. The van der Waals surface area contributed by atoms with E-state index in [1.165, 1.54) is 28.0 Å². The van der Waals surface area contributed by atoms with E-state index < -0.39 is 0 Å².